The molecule has 0 spiro atoms. The first-order valence-corrected chi connectivity index (χ1v) is 8.16. The Morgan fingerprint density at radius 1 is 1.41 bits per heavy atom. The zero-order valence-electron chi connectivity index (χ0n) is 13.9. The molecular formula is C18H28N2O2. The van der Waals surface area contributed by atoms with Crippen LogP contribution < -0.4 is 5.32 Å². The second-order valence-corrected chi connectivity index (χ2v) is 6.70. The van der Waals surface area contributed by atoms with Gasteiger partial charge in [0.15, 0.2) is 0 Å². The maximum Gasteiger partial charge on any atom is 0.234 e. The summed E-state index contributed by atoms with van der Waals surface area (Å²) in [6, 6.07) is 8.37. The fourth-order valence-corrected chi connectivity index (χ4v) is 2.80. The molecule has 1 aromatic rings. The lowest BCUT2D eigenvalue weighted by atomic mass is 10.0. The number of likely N-dealkylation sites (N-methyl/N-ethyl adjacent to an activating group) is 1. The molecule has 1 aliphatic rings. The van der Waals surface area contributed by atoms with Crippen LogP contribution in [0.3, 0.4) is 0 Å². The minimum Gasteiger partial charge on any atom is -0.392 e. The van der Waals surface area contributed by atoms with Crippen LogP contribution in [0.15, 0.2) is 24.3 Å². The molecule has 2 atom stereocenters. The fraction of sp³-hybridized carbons (Fsp3) is 0.611. The molecule has 2 rings (SSSR count). The summed E-state index contributed by atoms with van der Waals surface area (Å²) in [7, 11) is 1.89. The van der Waals surface area contributed by atoms with Crippen molar-refractivity contribution in [3.05, 3.63) is 35.4 Å². The number of aliphatic hydroxyl groups is 1. The highest BCUT2D eigenvalue weighted by molar-refractivity contribution is 5.78. The number of aryl methyl sites for hydroxylation is 1. The van der Waals surface area contributed by atoms with E-state index < -0.39 is 0 Å². The van der Waals surface area contributed by atoms with Gasteiger partial charge in [0, 0.05) is 12.6 Å². The smallest absolute Gasteiger partial charge is 0.234 e. The van der Waals surface area contributed by atoms with Gasteiger partial charge in [-0.15, -0.1) is 0 Å². The van der Waals surface area contributed by atoms with Crippen LogP contribution in [-0.4, -0.2) is 48.2 Å². The Kier molecular flexibility index (Phi) is 5.98. The minimum atomic E-state index is -0.290. The van der Waals surface area contributed by atoms with Gasteiger partial charge in [-0.3, -0.25) is 9.69 Å². The predicted octanol–water partition coefficient (Wildman–Crippen LogP) is 1.74. The zero-order chi connectivity index (χ0) is 16.1. The summed E-state index contributed by atoms with van der Waals surface area (Å²) in [6.07, 6.45) is 2.79. The Hall–Kier alpha value is -1.39. The van der Waals surface area contributed by atoms with Gasteiger partial charge in [0.25, 0.3) is 0 Å². The molecule has 0 saturated heterocycles. The lowest BCUT2D eigenvalue weighted by molar-refractivity contribution is -0.122. The summed E-state index contributed by atoms with van der Waals surface area (Å²) in [6.45, 7) is 5.03. The molecule has 1 aromatic carbocycles. The van der Waals surface area contributed by atoms with E-state index in [4.69, 9.17) is 0 Å². The quantitative estimate of drug-likeness (QED) is 0.769. The van der Waals surface area contributed by atoms with Gasteiger partial charge in [0.05, 0.1) is 12.6 Å². The van der Waals surface area contributed by atoms with Crippen LogP contribution in [-0.2, 0) is 11.2 Å². The number of hydrogen-bond donors (Lipinski definition) is 2. The number of carbonyl (C=O) groups excluding carboxylic acids is 1. The van der Waals surface area contributed by atoms with Crippen molar-refractivity contribution in [1.82, 2.24) is 10.2 Å². The van der Waals surface area contributed by atoms with Gasteiger partial charge in [-0.05, 0) is 57.2 Å². The number of nitrogens with one attached hydrogen (secondary N) is 1. The molecule has 0 aromatic heterocycles. The van der Waals surface area contributed by atoms with Crippen LogP contribution in [0.25, 0.3) is 0 Å². The van der Waals surface area contributed by atoms with E-state index in [1.165, 1.54) is 11.1 Å². The summed E-state index contributed by atoms with van der Waals surface area (Å²) in [4.78, 5) is 14.0. The number of hydrogen-bond acceptors (Lipinski definition) is 3. The Morgan fingerprint density at radius 2 is 2.09 bits per heavy atom. The van der Waals surface area contributed by atoms with Gasteiger partial charge >= 0.3 is 0 Å². The van der Waals surface area contributed by atoms with Gasteiger partial charge in [-0.2, -0.15) is 0 Å². The van der Waals surface area contributed by atoms with Crippen LogP contribution in [0, 0.1) is 12.8 Å². The minimum absolute atomic E-state index is 0.0200. The zero-order valence-corrected chi connectivity index (χ0v) is 13.9. The van der Waals surface area contributed by atoms with Gasteiger partial charge in [-0.1, -0.05) is 24.3 Å². The van der Waals surface area contributed by atoms with E-state index >= 15 is 0 Å². The predicted molar refractivity (Wildman–Crippen MR) is 88.7 cm³/mol. The van der Waals surface area contributed by atoms with E-state index in [1.807, 2.05) is 31.0 Å². The number of nitrogens with zero attached hydrogens (tertiary/aromatic N) is 1. The summed E-state index contributed by atoms with van der Waals surface area (Å²) in [5.74, 6) is 0.470. The summed E-state index contributed by atoms with van der Waals surface area (Å²) < 4.78 is 0. The van der Waals surface area contributed by atoms with Crippen LogP contribution in [0.2, 0.25) is 0 Å². The van der Waals surface area contributed by atoms with Crippen LogP contribution in [0.4, 0.5) is 0 Å². The first-order valence-electron chi connectivity index (χ1n) is 8.16. The van der Waals surface area contributed by atoms with Crippen molar-refractivity contribution in [2.24, 2.45) is 5.92 Å². The van der Waals surface area contributed by atoms with E-state index in [2.05, 4.69) is 24.4 Å². The standard InChI is InChI=1S/C18H28N2O2/c1-13-6-4-5-7-16(13)10-14(2)19-18(22)12-20(3)11-17(21)15-8-9-15/h4-7,14-15,17,21H,8-12H2,1-3H3,(H,19,22). The number of benzene rings is 1. The molecule has 22 heavy (non-hydrogen) atoms. The second kappa shape index (κ2) is 7.75. The highest BCUT2D eigenvalue weighted by Gasteiger charge is 2.30. The SMILES string of the molecule is Cc1ccccc1CC(C)NC(=O)CN(C)CC(O)C1CC1. The van der Waals surface area contributed by atoms with E-state index in [0.29, 0.717) is 19.0 Å². The first kappa shape index (κ1) is 17.0. The van der Waals surface area contributed by atoms with Gasteiger partial charge in [0.2, 0.25) is 5.91 Å². The average Bonchev–Trinajstić information content (AvgIpc) is 3.25. The molecule has 122 valence electrons. The molecule has 2 unspecified atom stereocenters. The molecular weight excluding hydrogens is 276 g/mol. The average molecular weight is 304 g/mol. The largest absolute Gasteiger partial charge is 0.392 e. The molecule has 4 nitrogen and oxygen atoms in total. The molecule has 2 N–H and O–H groups in total. The van der Waals surface area contributed by atoms with Crippen molar-refractivity contribution in [3.8, 4) is 0 Å². The number of aliphatic hydroxyl groups excluding tert-OH is 1. The topological polar surface area (TPSA) is 52.6 Å². The summed E-state index contributed by atoms with van der Waals surface area (Å²) in [5, 5.41) is 12.9. The summed E-state index contributed by atoms with van der Waals surface area (Å²) in [5.41, 5.74) is 2.53. The van der Waals surface area contributed by atoms with Crippen molar-refractivity contribution in [3.63, 3.8) is 0 Å². The van der Waals surface area contributed by atoms with E-state index in [-0.39, 0.29) is 18.1 Å². The Balaban J connectivity index is 1.72. The van der Waals surface area contributed by atoms with E-state index in [9.17, 15) is 9.90 Å². The molecule has 1 amide bonds. The third-order valence-corrected chi connectivity index (χ3v) is 4.27. The van der Waals surface area contributed by atoms with Crippen molar-refractivity contribution in [1.29, 1.82) is 0 Å². The number of rotatable bonds is 8. The normalized spacial score (nSPS) is 17.3. The molecule has 1 aliphatic carbocycles. The first-order chi connectivity index (χ1) is 10.5. The number of amides is 1. The maximum absolute atomic E-state index is 12.1. The molecule has 0 aliphatic heterocycles. The van der Waals surface area contributed by atoms with Crippen molar-refractivity contribution in [2.45, 2.75) is 45.3 Å². The lowest BCUT2D eigenvalue weighted by Gasteiger charge is -2.21. The van der Waals surface area contributed by atoms with Gasteiger partial charge < -0.3 is 10.4 Å². The highest BCUT2D eigenvalue weighted by atomic mass is 16.3. The van der Waals surface area contributed by atoms with E-state index in [0.717, 1.165) is 19.3 Å². The van der Waals surface area contributed by atoms with Crippen LogP contribution in [0.1, 0.15) is 30.9 Å². The van der Waals surface area contributed by atoms with Crippen LogP contribution >= 0.6 is 0 Å². The van der Waals surface area contributed by atoms with Crippen molar-refractivity contribution >= 4 is 5.91 Å². The summed E-state index contributed by atoms with van der Waals surface area (Å²) >= 11 is 0. The van der Waals surface area contributed by atoms with Crippen LogP contribution in [0.5, 0.6) is 0 Å². The molecule has 0 radical (unpaired) electrons. The van der Waals surface area contributed by atoms with E-state index in [1.54, 1.807) is 0 Å². The lowest BCUT2D eigenvalue weighted by Crippen LogP contribution is -2.42. The monoisotopic (exact) mass is 304 g/mol. The number of carbonyl (C=O) groups is 1. The molecule has 4 heteroatoms. The molecule has 0 heterocycles. The maximum atomic E-state index is 12.1. The second-order valence-electron chi connectivity index (χ2n) is 6.70. The molecule has 1 saturated carbocycles. The fourth-order valence-electron chi connectivity index (χ4n) is 2.80. The Bertz CT molecular complexity index is 500. The van der Waals surface area contributed by atoms with Crippen molar-refractivity contribution in [2.75, 3.05) is 20.1 Å². The molecule has 1 fully saturated rings. The van der Waals surface area contributed by atoms with Gasteiger partial charge in [-0.25, -0.2) is 0 Å². The highest BCUT2D eigenvalue weighted by Crippen LogP contribution is 2.32. The van der Waals surface area contributed by atoms with Gasteiger partial charge in [0.1, 0.15) is 0 Å². The third kappa shape index (κ3) is 5.43. The molecule has 0 bridgehead atoms. The Morgan fingerprint density at radius 3 is 2.73 bits per heavy atom. The Labute approximate surface area is 133 Å². The third-order valence-electron chi connectivity index (χ3n) is 4.27. The van der Waals surface area contributed by atoms with Crippen molar-refractivity contribution < 1.29 is 9.90 Å².